The lowest BCUT2D eigenvalue weighted by Crippen LogP contribution is -2.36. The summed E-state index contributed by atoms with van der Waals surface area (Å²) < 4.78 is 6.23. The van der Waals surface area contributed by atoms with Crippen LogP contribution >= 0.6 is 27.5 Å². The molecule has 0 saturated heterocycles. The van der Waals surface area contributed by atoms with Crippen LogP contribution in [0, 0.1) is 0 Å². The summed E-state index contributed by atoms with van der Waals surface area (Å²) in [5.41, 5.74) is 0. The molecule has 0 aliphatic heterocycles. The van der Waals surface area contributed by atoms with Crippen LogP contribution in [0.3, 0.4) is 0 Å². The Hall–Kier alpha value is -1.67. The number of ether oxygens (including phenoxy) is 1. The van der Waals surface area contributed by atoms with Crippen molar-refractivity contribution in [2.24, 2.45) is 0 Å². The van der Waals surface area contributed by atoms with Crippen molar-refractivity contribution in [3.05, 3.63) is 33.5 Å². The summed E-state index contributed by atoms with van der Waals surface area (Å²) in [5.74, 6) is 0.659. The zero-order valence-corrected chi connectivity index (χ0v) is 12.8. The van der Waals surface area contributed by atoms with Gasteiger partial charge in [-0.2, -0.15) is 5.21 Å². The molecule has 0 aliphatic rings. The maximum absolute atomic E-state index is 11.9. The van der Waals surface area contributed by atoms with Gasteiger partial charge in [0.15, 0.2) is 11.9 Å². The molecule has 1 aromatic carbocycles. The summed E-state index contributed by atoms with van der Waals surface area (Å²) in [6.07, 6.45) is -0.667. The van der Waals surface area contributed by atoms with E-state index in [1.54, 1.807) is 25.1 Å². The number of rotatable bonds is 5. The highest BCUT2D eigenvalue weighted by molar-refractivity contribution is 9.10. The van der Waals surface area contributed by atoms with Gasteiger partial charge in [-0.1, -0.05) is 16.8 Å². The summed E-state index contributed by atoms with van der Waals surface area (Å²) in [6, 6.07) is 5.07. The minimum Gasteiger partial charge on any atom is -0.480 e. The number of hydrogen-bond donors (Lipinski definition) is 2. The summed E-state index contributed by atoms with van der Waals surface area (Å²) in [7, 11) is 0. The Bertz CT molecular complexity index is 593. The molecular weight excluding hydrogens is 350 g/mol. The van der Waals surface area contributed by atoms with Crippen LogP contribution < -0.4 is 10.1 Å². The molecule has 1 unspecified atom stereocenters. The molecule has 0 radical (unpaired) electrons. The second-order valence-corrected chi connectivity index (χ2v) is 5.17. The average molecular weight is 361 g/mol. The number of halogens is 2. The Balaban J connectivity index is 1.90. The normalized spacial score (nSPS) is 11.9. The van der Waals surface area contributed by atoms with Crippen molar-refractivity contribution < 1.29 is 9.53 Å². The van der Waals surface area contributed by atoms with Gasteiger partial charge in [0.25, 0.3) is 5.91 Å². The van der Waals surface area contributed by atoms with Gasteiger partial charge in [-0.15, -0.1) is 10.2 Å². The number of carbonyl (C=O) groups excluding carboxylic acids is 1. The van der Waals surface area contributed by atoms with Crippen molar-refractivity contribution in [2.45, 2.75) is 19.6 Å². The second-order valence-electron chi connectivity index (χ2n) is 3.88. The fourth-order valence-electron chi connectivity index (χ4n) is 1.38. The standard InChI is InChI=1S/C11H11BrClN5O2/c1-6(11(19)14-5-10-15-17-18-16-10)20-9-3-2-7(13)4-8(9)12/h2-4,6H,5H2,1H3,(H,14,19)(H,15,16,17,18). The van der Waals surface area contributed by atoms with Crippen LogP contribution in [0.1, 0.15) is 12.7 Å². The highest BCUT2D eigenvalue weighted by Gasteiger charge is 2.16. The van der Waals surface area contributed by atoms with E-state index < -0.39 is 6.10 Å². The summed E-state index contributed by atoms with van der Waals surface area (Å²) in [6.45, 7) is 1.83. The van der Waals surface area contributed by atoms with E-state index in [9.17, 15) is 4.79 Å². The molecule has 7 nitrogen and oxygen atoms in total. The number of benzene rings is 1. The maximum atomic E-state index is 11.9. The zero-order valence-electron chi connectivity index (χ0n) is 10.4. The number of amides is 1. The summed E-state index contributed by atoms with van der Waals surface area (Å²) in [5, 5.41) is 16.4. The minimum atomic E-state index is -0.667. The quantitative estimate of drug-likeness (QED) is 0.846. The zero-order chi connectivity index (χ0) is 14.5. The molecule has 1 amide bonds. The average Bonchev–Trinajstić information content (AvgIpc) is 2.92. The van der Waals surface area contributed by atoms with E-state index in [1.165, 1.54) is 0 Å². The van der Waals surface area contributed by atoms with Crippen LogP contribution in [0.15, 0.2) is 22.7 Å². The number of nitrogens with one attached hydrogen (secondary N) is 2. The lowest BCUT2D eigenvalue weighted by Gasteiger charge is -2.15. The molecule has 2 rings (SSSR count). The van der Waals surface area contributed by atoms with Gasteiger partial charge >= 0.3 is 0 Å². The number of carbonyl (C=O) groups is 1. The molecule has 2 aromatic rings. The summed E-state index contributed by atoms with van der Waals surface area (Å²) >= 11 is 9.16. The lowest BCUT2D eigenvalue weighted by molar-refractivity contribution is -0.127. The van der Waals surface area contributed by atoms with E-state index in [-0.39, 0.29) is 12.5 Å². The van der Waals surface area contributed by atoms with Crippen molar-refractivity contribution in [1.29, 1.82) is 0 Å². The Morgan fingerprint density at radius 3 is 3.05 bits per heavy atom. The van der Waals surface area contributed by atoms with Crippen LogP contribution in [0.25, 0.3) is 0 Å². The van der Waals surface area contributed by atoms with Gasteiger partial charge in [0.1, 0.15) is 5.75 Å². The number of H-pyrrole nitrogens is 1. The number of aromatic amines is 1. The van der Waals surface area contributed by atoms with Gasteiger partial charge < -0.3 is 10.1 Å². The first-order chi connectivity index (χ1) is 9.56. The first-order valence-corrected chi connectivity index (χ1v) is 6.85. The Morgan fingerprint density at radius 1 is 1.60 bits per heavy atom. The monoisotopic (exact) mass is 359 g/mol. The van der Waals surface area contributed by atoms with Crippen LogP contribution in [-0.2, 0) is 11.3 Å². The molecule has 0 aliphatic carbocycles. The third-order valence-corrected chi connectivity index (χ3v) is 3.23. The molecule has 1 atom stereocenters. The Kier molecular flexibility index (Phi) is 4.91. The fourth-order valence-corrected chi connectivity index (χ4v) is 2.16. The first-order valence-electron chi connectivity index (χ1n) is 5.68. The molecule has 9 heteroatoms. The molecular formula is C11H11BrClN5O2. The van der Waals surface area contributed by atoms with E-state index in [0.717, 1.165) is 0 Å². The smallest absolute Gasteiger partial charge is 0.261 e. The predicted molar refractivity (Wildman–Crippen MR) is 75.3 cm³/mol. The van der Waals surface area contributed by atoms with Crippen molar-refractivity contribution in [1.82, 2.24) is 25.9 Å². The molecule has 20 heavy (non-hydrogen) atoms. The highest BCUT2D eigenvalue weighted by Crippen LogP contribution is 2.28. The van der Waals surface area contributed by atoms with E-state index in [2.05, 4.69) is 41.9 Å². The predicted octanol–water partition coefficient (Wildman–Crippen LogP) is 1.70. The largest absolute Gasteiger partial charge is 0.480 e. The molecule has 0 fully saturated rings. The SMILES string of the molecule is CC(Oc1ccc(Cl)cc1Br)C(=O)NCc1nn[nH]n1. The van der Waals surface area contributed by atoms with Crippen molar-refractivity contribution in [2.75, 3.05) is 0 Å². The van der Waals surface area contributed by atoms with Crippen LogP contribution in [0.4, 0.5) is 0 Å². The van der Waals surface area contributed by atoms with Crippen LogP contribution in [0.2, 0.25) is 5.02 Å². The Morgan fingerprint density at radius 2 is 2.40 bits per heavy atom. The molecule has 1 aromatic heterocycles. The van der Waals surface area contributed by atoms with Crippen molar-refractivity contribution in [3.8, 4) is 5.75 Å². The van der Waals surface area contributed by atoms with E-state index in [4.69, 9.17) is 16.3 Å². The molecule has 0 bridgehead atoms. The van der Waals surface area contributed by atoms with E-state index >= 15 is 0 Å². The molecule has 1 heterocycles. The fraction of sp³-hybridized carbons (Fsp3) is 0.273. The van der Waals surface area contributed by atoms with Gasteiger partial charge in [-0.3, -0.25) is 4.79 Å². The van der Waals surface area contributed by atoms with Crippen molar-refractivity contribution >= 4 is 33.4 Å². The number of nitrogens with zero attached hydrogens (tertiary/aromatic N) is 3. The van der Waals surface area contributed by atoms with E-state index in [1.807, 2.05) is 0 Å². The van der Waals surface area contributed by atoms with Gasteiger partial charge in [-0.05, 0) is 41.1 Å². The minimum absolute atomic E-state index is 0.185. The van der Waals surface area contributed by atoms with Gasteiger partial charge in [0.2, 0.25) is 0 Å². The highest BCUT2D eigenvalue weighted by atomic mass is 79.9. The Labute approximate surface area is 128 Å². The topological polar surface area (TPSA) is 92.8 Å². The van der Waals surface area contributed by atoms with Crippen LogP contribution in [-0.4, -0.2) is 32.6 Å². The number of aromatic nitrogens is 4. The van der Waals surface area contributed by atoms with Gasteiger partial charge in [-0.25, -0.2) is 0 Å². The van der Waals surface area contributed by atoms with Crippen LogP contribution in [0.5, 0.6) is 5.75 Å². The molecule has 0 saturated carbocycles. The third-order valence-electron chi connectivity index (χ3n) is 2.38. The lowest BCUT2D eigenvalue weighted by atomic mass is 10.3. The van der Waals surface area contributed by atoms with Crippen molar-refractivity contribution in [3.63, 3.8) is 0 Å². The van der Waals surface area contributed by atoms with Gasteiger partial charge in [0.05, 0.1) is 11.0 Å². The number of tetrazole rings is 1. The molecule has 2 N–H and O–H groups in total. The first kappa shape index (κ1) is 14.7. The number of hydrogen-bond acceptors (Lipinski definition) is 5. The van der Waals surface area contributed by atoms with Gasteiger partial charge in [0, 0.05) is 5.02 Å². The maximum Gasteiger partial charge on any atom is 0.261 e. The molecule has 106 valence electrons. The second kappa shape index (κ2) is 6.67. The third kappa shape index (κ3) is 3.91. The molecule has 0 spiro atoms. The summed E-state index contributed by atoms with van der Waals surface area (Å²) in [4.78, 5) is 11.9. The van der Waals surface area contributed by atoms with E-state index in [0.29, 0.717) is 21.1 Å².